The molecule has 0 aromatic heterocycles. The number of benzene rings is 3. The van der Waals surface area contributed by atoms with E-state index < -0.39 is 6.10 Å². The van der Waals surface area contributed by atoms with Crippen LogP contribution in [0.3, 0.4) is 0 Å². The normalized spacial score (nSPS) is 16.4. The van der Waals surface area contributed by atoms with E-state index in [0.29, 0.717) is 13.2 Å². The molecule has 1 N–H and O–H groups in total. The number of aliphatic hydroxyl groups is 1. The molecule has 0 unspecified atom stereocenters. The summed E-state index contributed by atoms with van der Waals surface area (Å²) in [5, 5.41) is 10.5. The van der Waals surface area contributed by atoms with Crippen LogP contribution in [-0.4, -0.2) is 60.3 Å². The minimum Gasteiger partial charge on any atom is -0.491 e. The summed E-state index contributed by atoms with van der Waals surface area (Å²) in [5.41, 5.74) is 3.82. The van der Waals surface area contributed by atoms with Gasteiger partial charge in [-0.3, -0.25) is 9.80 Å². The lowest BCUT2D eigenvalue weighted by Crippen LogP contribution is -2.50. The monoisotopic (exact) mass is 416 g/mol. The van der Waals surface area contributed by atoms with E-state index in [9.17, 15) is 5.11 Å². The molecule has 0 bridgehead atoms. The zero-order valence-electron chi connectivity index (χ0n) is 18.2. The van der Waals surface area contributed by atoms with Gasteiger partial charge in [0.15, 0.2) is 0 Å². The predicted molar refractivity (Wildman–Crippen MR) is 125 cm³/mol. The molecule has 0 aliphatic carbocycles. The van der Waals surface area contributed by atoms with Gasteiger partial charge in [-0.2, -0.15) is 0 Å². The van der Waals surface area contributed by atoms with Gasteiger partial charge in [0.05, 0.1) is 6.04 Å². The van der Waals surface area contributed by atoms with Crippen molar-refractivity contribution in [3.8, 4) is 5.75 Å². The van der Waals surface area contributed by atoms with E-state index in [4.69, 9.17) is 4.74 Å². The van der Waals surface area contributed by atoms with Crippen LogP contribution in [0.5, 0.6) is 5.75 Å². The van der Waals surface area contributed by atoms with Crippen molar-refractivity contribution in [3.63, 3.8) is 0 Å². The van der Waals surface area contributed by atoms with Gasteiger partial charge in [-0.05, 0) is 35.7 Å². The smallest absolute Gasteiger partial charge is 0.119 e. The second kappa shape index (κ2) is 10.6. The van der Waals surface area contributed by atoms with Crippen molar-refractivity contribution in [2.45, 2.75) is 19.1 Å². The lowest BCUT2D eigenvalue weighted by molar-refractivity contribution is 0.0401. The predicted octanol–water partition coefficient (Wildman–Crippen LogP) is 4.14. The van der Waals surface area contributed by atoms with Crippen LogP contribution < -0.4 is 4.74 Å². The molecular formula is C27H32N2O2. The fourth-order valence-electron chi connectivity index (χ4n) is 4.34. The number of piperazine rings is 1. The first-order chi connectivity index (χ1) is 15.2. The van der Waals surface area contributed by atoms with Gasteiger partial charge in [0, 0.05) is 32.7 Å². The number of rotatable bonds is 8. The summed E-state index contributed by atoms with van der Waals surface area (Å²) < 4.78 is 5.78. The molecule has 31 heavy (non-hydrogen) atoms. The quantitative estimate of drug-likeness (QED) is 0.599. The van der Waals surface area contributed by atoms with E-state index >= 15 is 0 Å². The number of hydrogen-bond donors (Lipinski definition) is 1. The van der Waals surface area contributed by atoms with Gasteiger partial charge < -0.3 is 9.84 Å². The first-order valence-electron chi connectivity index (χ1n) is 11.1. The fourth-order valence-corrected chi connectivity index (χ4v) is 4.34. The van der Waals surface area contributed by atoms with Crippen LogP contribution in [0.4, 0.5) is 0 Å². The van der Waals surface area contributed by atoms with E-state index in [-0.39, 0.29) is 6.04 Å². The van der Waals surface area contributed by atoms with E-state index in [1.54, 1.807) is 0 Å². The topological polar surface area (TPSA) is 35.9 Å². The van der Waals surface area contributed by atoms with E-state index in [2.05, 4.69) is 70.5 Å². The van der Waals surface area contributed by atoms with Gasteiger partial charge in [-0.1, -0.05) is 72.8 Å². The first-order valence-corrected chi connectivity index (χ1v) is 11.1. The molecule has 1 atom stereocenters. The zero-order valence-corrected chi connectivity index (χ0v) is 18.2. The molecular weight excluding hydrogens is 384 g/mol. The van der Waals surface area contributed by atoms with Crippen LogP contribution in [0.25, 0.3) is 0 Å². The largest absolute Gasteiger partial charge is 0.491 e. The second-order valence-corrected chi connectivity index (χ2v) is 8.34. The standard InChI is InChI=1S/C27H32N2O2/c1-22-9-8-14-26(19-22)31-21-25(30)20-28-15-17-29(18-16-28)27(23-10-4-2-5-11-23)24-12-6-3-7-13-24/h2-14,19,25,27,30H,15-18,20-21H2,1H3/t25-/m0/s1. The third kappa shape index (κ3) is 5.95. The molecule has 0 amide bonds. The highest BCUT2D eigenvalue weighted by Gasteiger charge is 2.27. The molecule has 1 fully saturated rings. The molecule has 1 saturated heterocycles. The Hall–Kier alpha value is -2.66. The molecule has 1 heterocycles. The third-order valence-electron chi connectivity index (χ3n) is 5.90. The van der Waals surface area contributed by atoms with Gasteiger partial charge in [-0.25, -0.2) is 0 Å². The number of aliphatic hydroxyl groups excluding tert-OH is 1. The minimum atomic E-state index is -0.494. The second-order valence-electron chi connectivity index (χ2n) is 8.34. The van der Waals surface area contributed by atoms with Crippen molar-refractivity contribution < 1.29 is 9.84 Å². The number of hydrogen-bond acceptors (Lipinski definition) is 4. The number of ether oxygens (including phenoxy) is 1. The minimum absolute atomic E-state index is 0.263. The van der Waals surface area contributed by atoms with Crippen LogP contribution in [0.15, 0.2) is 84.9 Å². The van der Waals surface area contributed by atoms with Crippen molar-refractivity contribution >= 4 is 0 Å². The van der Waals surface area contributed by atoms with Crippen LogP contribution in [-0.2, 0) is 0 Å². The van der Waals surface area contributed by atoms with Crippen molar-refractivity contribution in [2.24, 2.45) is 0 Å². The maximum atomic E-state index is 10.5. The Balaban J connectivity index is 1.32. The molecule has 3 aromatic rings. The van der Waals surface area contributed by atoms with Crippen molar-refractivity contribution in [1.82, 2.24) is 9.80 Å². The third-order valence-corrected chi connectivity index (χ3v) is 5.90. The van der Waals surface area contributed by atoms with E-state index in [1.807, 2.05) is 31.2 Å². The van der Waals surface area contributed by atoms with Crippen molar-refractivity contribution in [1.29, 1.82) is 0 Å². The van der Waals surface area contributed by atoms with Crippen LogP contribution in [0.2, 0.25) is 0 Å². The Kier molecular flexibility index (Phi) is 7.36. The summed E-state index contributed by atoms with van der Waals surface area (Å²) in [6.45, 7) is 6.83. The molecule has 0 saturated carbocycles. The lowest BCUT2D eigenvalue weighted by atomic mass is 9.96. The van der Waals surface area contributed by atoms with Crippen LogP contribution >= 0.6 is 0 Å². The summed E-state index contributed by atoms with van der Waals surface area (Å²) in [4.78, 5) is 4.89. The van der Waals surface area contributed by atoms with Gasteiger partial charge in [0.2, 0.25) is 0 Å². The Bertz CT molecular complexity index is 885. The molecule has 1 aliphatic rings. The van der Waals surface area contributed by atoms with Crippen molar-refractivity contribution in [2.75, 3.05) is 39.3 Å². The summed E-state index contributed by atoms with van der Waals surface area (Å²) in [5.74, 6) is 0.817. The molecule has 1 aliphatic heterocycles. The summed E-state index contributed by atoms with van der Waals surface area (Å²) in [6.07, 6.45) is -0.494. The van der Waals surface area contributed by atoms with Gasteiger partial charge in [0.25, 0.3) is 0 Å². The molecule has 4 rings (SSSR count). The summed E-state index contributed by atoms with van der Waals surface area (Å²) >= 11 is 0. The Morgan fingerprint density at radius 3 is 2.00 bits per heavy atom. The zero-order chi connectivity index (χ0) is 21.5. The molecule has 4 nitrogen and oxygen atoms in total. The summed E-state index contributed by atoms with van der Waals surface area (Å²) in [7, 11) is 0. The maximum Gasteiger partial charge on any atom is 0.119 e. The molecule has 0 radical (unpaired) electrons. The van der Waals surface area contributed by atoms with Gasteiger partial charge in [-0.15, -0.1) is 0 Å². The Morgan fingerprint density at radius 2 is 1.42 bits per heavy atom. The van der Waals surface area contributed by atoms with Crippen LogP contribution in [0.1, 0.15) is 22.7 Å². The highest BCUT2D eigenvalue weighted by atomic mass is 16.5. The van der Waals surface area contributed by atoms with E-state index in [1.165, 1.54) is 11.1 Å². The van der Waals surface area contributed by atoms with Crippen LogP contribution in [0, 0.1) is 6.92 Å². The average Bonchev–Trinajstić information content (AvgIpc) is 2.81. The number of β-amino-alcohol motifs (C(OH)–C–C–N with tert-alkyl or cyclic N) is 1. The van der Waals surface area contributed by atoms with Gasteiger partial charge >= 0.3 is 0 Å². The molecule has 3 aromatic carbocycles. The van der Waals surface area contributed by atoms with Crippen molar-refractivity contribution in [3.05, 3.63) is 102 Å². The highest BCUT2D eigenvalue weighted by Crippen LogP contribution is 2.29. The number of aryl methyl sites for hydroxylation is 1. The van der Waals surface area contributed by atoms with Gasteiger partial charge in [0.1, 0.15) is 18.5 Å². The molecule has 162 valence electrons. The first kappa shape index (κ1) is 21.6. The average molecular weight is 417 g/mol. The maximum absolute atomic E-state index is 10.5. The Morgan fingerprint density at radius 1 is 0.806 bits per heavy atom. The van der Waals surface area contributed by atoms with E-state index in [0.717, 1.165) is 37.5 Å². The number of nitrogens with zero attached hydrogens (tertiary/aromatic N) is 2. The fraction of sp³-hybridized carbons (Fsp3) is 0.333. The Labute approximate surface area is 185 Å². The molecule has 4 heteroatoms. The SMILES string of the molecule is Cc1cccc(OC[C@@H](O)CN2CCN(C(c3ccccc3)c3ccccc3)CC2)c1. The highest BCUT2D eigenvalue weighted by molar-refractivity contribution is 5.32. The lowest BCUT2D eigenvalue weighted by Gasteiger charge is -2.40. The molecule has 0 spiro atoms. The summed E-state index contributed by atoms with van der Waals surface area (Å²) in [6, 6.07) is 29.7.